The van der Waals surface area contributed by atoms with Crippen LogP contribution in [0.5, 0.6) is 0 Å². The summed E-state index contributed by atoms with van der Waals surface area (Å²) in [6, 6.07) is 5.65. The Kier molecular flexibility index (Phi) is 6.43. The second kappa shape index (κ2) is 7.84. The average molecular weight is 367 g/mol. The molecule has 1 fully saturated rings. The third-order valence-electron chi connectivity index (χ3n) is 3.37. The van der Waals surface area contributed by atoms with Gasteiger partial charge in [0.2, 0.25) is 0 Å². The summed E-state index contributed by atoms with van der Waals surface area (Å²) in [5.74, 6) is 0. The fourth-order valence-electron chi connectivity index (χ4n) is 2.35. The second-order valence-electron chi connectivity index (χ2n) is 4.77. The number of nitrogens with zero attached hydrogens (tertiary/aromatic N) is 1. The lowest BCUT2D eigenvalue weighted by Gasteiger charge is -2.32. The van der Waals surface area contributed by atoms with Crippen molar-refractivity contribution in [1.82, 2.24) is 4.90 Å². The number of ether oxygens (including phenoxy) is 1. The predicted molar refractivity (Wildman–Crippen MR) is 84.5 cm³/mol. The highest BCUT2D eigenvalue weighted by molar-refractivity contribution is 9.09. The van der Waals surface area contributed by atoms with E-state index < -0.39 is 0 Å². The van der Waals surface area contributed by atoms with E-state index in [9.17, 15) is 0 Å². The largest absolute Gasteiger partial charge is 0.377 e. The van der Waals surface area contributed by atoms with Gasteiger partial charge in [-0.1, -0.05) is 39.1 Å². The fraction of sp³-hybridized carbons (Fsp3) is 0.571. The molecule has 1 aliphatic rings. The first-order valence-electron chi connectivity index (χ1n) is 6.53. The predicted octanol–water partition coefficient (Wildman–Crippen LogP) is 4.37. The van der Waals surface area contributed by atoms with Gasteiger partial charge in [0.25, 0.3) is 0 Å². The van der Waals surface area contributed by atoms with E-state index >= 15 is 0 Å². The summed E-state index contributed by atoms with van der Waals surface area (Å²) < 4.78 is 5.75. The van der Waals surface area contributed by atoms with Gasteiger partial charge in [-0.25, -0.2) is 0 Å². The lowest BCUT2D eigenvalue weighted by Crippen LogP contribution is -2.36. The van der Waals surface area contributed by atoms with Gasteiger partial charge in [-0.15, -0.1) is 0 Å². The molecule has 0 aromatic heterocycles. The van der Waals surface area contributed by atoms with Crippen LogP contribution >= 0.6 is 39.1 Å². The van der Waals surface area contributed by atoms with Crippen LogP contribution in [0.25, 0.3) is 0 Å². The van der Waals surface area contributed by atoms with Crippen molar-refractivity contribution in [2.75, 3.05) is 25.0 Å². The normalized spacial score (nSPS) is 17.8. The summed E-state index contributed by atoms with van der Waals surface area (Å²) in [6.45, 7) is 3.76. The van der Waals surface area contributed by atoms with Crippen LogP contribution in [0.15, 0.2) is 18.2 Å². The van der Waals surface area contributed by atoms with E-state index in [1.807, 2.05) is 18.2 Å². The van der Waals surface area contributed by atoms with Crippen molar-refractivity contribution in [2.24, 2.45) is 0 Å². The highest BCUT2D eigenvalue weighted by Gasteiger charge is 2.20. The molecule has 0 saturated carbocycles. The van der Waals surface area contributed by atoms with Crippen molar-refractivity contribution in [3.63, 3.8) is 0 Å². The van der Waals surface area contributed by atoms with Gasteiger partial charge in [0.05, 0.1) is 12.7 Å². The number of hydrogen-bond acceptors (Lipinski definition) is 2. The van der Waals surface area contributed by atoms with Crippen molar-refractivity contribution >= 4 is 39.1 Å². The number of alkyl halides is 1. The van der Waals surface area contributed by atoms with Crippen LogP contribution in [0.4, 0.5) is 0 Å². The molecule has 1 aromatic rings. The minimum Gasteiger partial charge on any atom is -0.377 e. The van der Waals surface area contributed by atoms with Crippen LogP contribution in [0.2, 0.25) is 10.0 Å². The summed E-state index contributed by atoms with van der Waals surface area (Å²) >= 11 is 15.6. The van der Waals surface area contributed by atoms with Gasteiger partial charge in [-0.3, -0.25) is 4.90 Å². The summed E-state index contributed by atoms with van der Waals surface area (Å²) in [6.07, 6.45) is 2.58. The molecule has 0 aliphatic carbocycles. The molecule has 2 rings (SSSR count). The quantitative estimate of drug-likeness (QED) is 0.717. The van der Waals surface area contributed by atoms with E-state index in [2.05, 4.69) is 20.8 Å². The smallest absolute Gasteiger partial charge is 0.0599 e. The van der Waals surface area contributed by atoms with Crippen LogP contribution in [-0.2, 0) is 11.3 Å². The average Bonchev–Trinajstić information content (AvgIpc) is 2.42. The summed E-state index contributed by atoms with van der Waals surface area (Å²) in [5, 5.41) is 2.45. The highest BCUT2D eigenvalue weighted by atomic mass is 79.9. The lowest BCUT2D eigenvalue weighted by atomic mass is 10.1. The highest BCUT2D eigenvalue weighted by Crippen LogP contribution is 2.24. The molecule has 1 saturated heterocycles. The van der Waals surface area contributed by atoms with Crippen LogP contribution in [0.1, 0.15) is 18.4 Å². The molecule has 1 aromatic carbocycles. The van der Waals surface area contributed by atoms with Crippen molar-refractivity contribution in [2.45, 2.75) is 25.5 Å². The maximum absolute atomic E-state index is 6.20. The van der Waals surface area contributed by atoms with Gasteiger partial charge in [-0.05, 0) is 36.6 Å². The Morgan fingerprint density at radius 2 is 2.00 bits per heavy atom. The first kappa shape index (κ1) is 15.6. The molecule has 0 radical (unpaired) electrons. The maximum atomic E-state index is 6.20. The second-order valence-corrected chi connectivity index (χ2v) is 6.41. The van der Waals surface area contributed by atoms with E-state index in [-0.39, 0.29) is 0 Å². The minimum atomic E-state index is 0.406. The molecule has 5 heteroatoms. The van der Waals surface area contributed by atoms with Crippen LogP contribution in [0.3, 0.4) is 0 Å². The van der Waals surface area contributed by atoms with Gasteiger partial charge >= 0.3 is 0 Å². The van der Waals surface area contributed by atoms with Gasteiger partial charge in [0.1, 0.15) is 0 Å². The lowest BCUT2D eigenvalue weighted by molar-refractivity contribution is 0.0141. The first-order valence-corrected chi connectivity index (χ1v) is 8.40. The number of rotatable bonds is 5. The Bertz CT molecular complexity index is 408. The molecule has 106 valence electrons. The van der Waals surface area contributed by atoms with Gasteiger partial charge in [0.15, 0.2) is 0 Å². The van der Waals surface area contributed by atoms with E-state index in [0.717, 1.165) is 60.0 Å². The molecular weight excluding hydrogens is 349 g/mol. The molecule has 0 atom stereocenters. The molecule has 2 nitrogen and oxygen atoms in total. The Morgan fingerprint density at radius 1 is 1.26 bits per heavy atom. The van der Waals surface area contributed by atoms with E-state index in [1.54, 1.807) is 0 Å². The Morgan fingerprint density at radius 3 is 2.68 bits per heavy atom. The zero-order valence-corrected chi connectivity index (χ0v) is 13.8. The third-order valence-corrected chi connectivity index (χ3v) is 4.29. The Labute approximate surface area is 133 Å². The van der Waals surface area contributed by atoms with Gasteiger partial charge in [0, 0.05) is 35.0 Å². The molecular formula is C14H18BrCl2NO. The van der Waals surface area contributed by atoms with Crippen molar-refractivity contribution in [3.05, 3.63) is 33.8 Å². The molecule has 19 heavy (non-hydrogen) atoms. The monoisotopic (exact) mass is 365 g/mol. The minimum absolute atomic E-state index is 0.406. The van der Waals surface area contributed by atoms with Crippen LogP contribution in [0, 0.1) is 0 Å². The number of benzene rings is 1. The Balaban J connectivity index is 1.83. The summed E-state index contributed by atoms with van der Waals surface area (Å²) in [5.41, 5.74) is 1.11. The number of piperidine rings is 1. The van der Waals surface area contributed by atoms with Gasteiger partial charge < -0.3 is 4.74 Å². The standard InChI is InChI=1S/C14H18BrCl2NO/c15-5-8-19-13-3-6-18(7-4-13)10-11-9-12(16)1-2-14(11)17/h1-2,9,13H,3-8,10H2. The molecule has 0 spiro atoms. The third kappa shape index (κ3) is 4.91. The van der Waals surface area contributed by atoms with Crippen LogP contribution < -0.4 is 0 Å². The zero-order valence-electron chi connectivity index (χ0n) is 10.7. The molecule has 0 N–H and O–H groups in total. The zero-order chi connectivity index (χ0) is 13.7. The fourth-order valence-corrected chi connectivity index (χ4v) is 2.91. The number of hydrogen-bond donors (Lipinski definition) is 0. The number of halogens is 3. The Hall–Kier alpha value is 0.200. The molecule has 1 heterocycles. The van der Waals surface area contributed by atoms with Crippen molar-refractivity contribution < 1.29 is 4.74 Å². The SMILES string of the molecule is Clc1ccc(Cl)c(CN2CCC(OCCBr)CC2)c1. The van der Waals surface area contributed by atoms with E-state index in [4.69, 9.17) is 27.9 Å². The van der Waals surface area contributed by atoms with Gasteiger partial charge in [-0.2, -0.15) is 0 Å². The number of likely N-dealkylation sites (tertiary alicyclic amines) is 1. The molecule has 0 unspecified atom stereocenters. The summed E-state index contributed by atoms with van der Waals surface area (Å²) in [7, 11) is 0. The van der Waals surface area contributed by atoms with Crippen LogP contribution in [-0.4, -0.2) is 36.0 Å². The van der Waals surface area contributed by atoms with Crippen molar-refractivity contribution in [3.8, 4) is 0 Å². The topological polar surface area (TPSA) is 12.5 Å². The first-order chi connectivity index (χ1) is 9.19. The molecule has 0 amide bonds. The maximum Gasteiger partial charge on any atom is 0.0599 e. The molecule has 1 aliphatic heterocycles. The summed E-state index contributed by atoms with van der Waals surface area (Å²) in [4.78, 5) is 2.41. The van der Waals surface area contributed by atoms with E-state index in [0.29, 0.717) is 6.10 Å². The van der Waals surface area contributed by atoms with E-state index in [1.165, 1.54) is 0 Å². The molecule has 0 bridgehead atoms. The van der Waals surface area contributed by atoms with Crippen molar-refractivity contribution in [1.29, 1.82) is 0 Å².